The predicted octanol–water partition coefficient (Wildman–Crippen LogP) is 2.55. The van der Waals surface area contributed by atoms with Crippen molar-refractivity contribution in [2.75, 3.05) is 14.2 Å². The number of phenols is 1. The van der Waals surface area contributed by atoms with E-state index in [1.807, 2.05) is 0 Å². The monoisotopic (exact) mass is 542 g/mol. The van der Waals surface area contributed by atoms with E-state index in [9.17, 15) is 29.4 Å². The lowest BCUT2D eigenvalue weighted by molar-refractivity contribution is -0.148. The number of aliphatic hydroxyl groups is 1. The molecule has 2 amide bonds. The Balaban J connectivity index is 2.41. The van der Waals surface area contributed by atoms with Gasteiger partial charge >= 0.3 is 11.9 Å². The molecule has 194 valence electrons. The van der Waals surface area contributed by atoms with Crippen molar-refractivity contribution < 1.29 is 43.6 Å². The van der Waals surface area contributed by atoms with Crippen LogP contribution in [0.2, 0.25) is 10.0 Å². The Hall–Kier alpha value is -3.54. The maximum absolute atomic E-state index is 12.2. The van der Waals surface area contributed by atoms with Crippen molar-refractivity contribution >= 4 is 47.0 Å². The molecule has 0 spiro atoms. The normalized spacial score (nSPS) is 13.1. The summed E-state index contributed by atoms with van der Waals surface area (Å²) in [6, 6.07) is 3.91. The molecule has 0 aliphatic rings. The van der Waals surface area contributed by atoms with E-state index in [4.69, 9.17) is 32.7 Å². The summed E-state index contributed by atoms with van der Waals surface area (Å²) in [5, 5.41) is 25.5. The molecule has 0 unspecified atom stereocenters. The zero-order chi connectivity index (χ0) is 27.2. The van der Waals surface area contributed by atoms with Crippen molar-refractivity contribution in [1.82, 2.24) is 10.6 Å². The number of amides is 2. The zero-order valence-corrected chi connectivity index (χ0v) is 21.1. The minimum Gasteiger partial charge on any atom is -0.503 e. The minimum absolute atomic E-state index is 0.0134. The van der Waals surface area contributed by atoms with Crippen molar-refractivity contribution in [1.29, 1.82) is 0 Å². The molecule has 0 radical (unpaired) electrons. The van der Waals surface area contributed by atoms with Gasteiger partial charge in [0, 0.05) is 13.8 Å². The molecule has 0 saturated carbocycles. The van der Waals surface area contributed by atoms with E-state index in [1.54, 1.807) is 0 Å². The summed E-state index contributed by atoms with van der Waals surface area (Å²) in [7, 11) is 2.25. The number of carbonyl (C=O) groups is 4. The van der Waals surface area contributed by atoms with E-state index >= 15 is 0 Å². The largest absolute Gasteiger partial charge is 0.503 e. The lowest BCUT2D eigenvalue weighted by Crippen LogP contribution is -2.44. The number of methoxy groups -OCH3 is 2. The summed E-state index contributed by atoms with van der Waals surface area (Å²) in [6.45, 7) is 2.39. The molecular weight excluding hydrogens is 519 g/mol. The molecular formula is C23H24Cl2N2O9. The molecule has 3 atom stereocenters. The average molecular weight is 543 g/mol. The summed E-state index contributed by atoms with van der Waals surface area (Å²) in [5.74, 6) is -3.38. The number of hydrogen-bond donors (Lipinski definition) is 4. The van der Waals surface area contributed by atoms with Crippen LogP contribution in [0.15, 0.2) is 30.3 Å². The molecule has 0 aliphatic carbocycles. The van der Waals surface area contributed by atoms with E-state index in [0.29, 0.717) is 0 Å². The Kier molecular flexibility index (Phi) is 9.91. The molecule has 13 heteroatoms. The van der Waals surface area contributed by atoms with E-state index in [1.165, 1.54) is 44.2 Å². The van der Waals surface area contributed by atoms with Crippen LogP contribution in [0.1, 0.15) is 37.1 Å². The van der Waals surface area contributed by atoms with Crippen LogP contribution < -0.4 is 15.4 Å². The summed E-state index contributed by atoms with van der Waals surface area (Å²) in [5.41, 5.74) is 0.318. The van der Waals surface area contributed by atoms with E-state index in [2.05, 4.69) is 15.4 Å². The lowest BCUT2D eigenvalue weighted by atomic mass is 10.0. The maximum Gasteiger partial charge on any atom is 0.333 e. The first kappa shape index (κ1) is 28.7. The SMILES string of the molecule is COC(=O)[C@H](NC(C)=O)c1cc(Cl)c(O)c(Oc2ccc([C@@H](O)[C@@H](NC(C)=O)C(=O)OC)cc2Cl)c1. The Morgan fingerprint density at radius 1 is 0.833 bits per heavy atom. The molecule has 36 heavy (non-hydrogen) atoms. The second kappa shape index (κ2) is 12.4. The number of hydrogen-bond acceptors (Lipinski definition) is 9. The predicted molar refractivity (Wildman–Crippen MR) is 128 cm³/mol. The highest BCUT2D eigenvalue weighted by Crippen LogP contribution is 2.41. The van der Waals surface area contributed by atoms with Gasteiger partial charge in [-0.2, -0.15) is 0 Å². The molecule has 2 aromatic rings. The Labute approximate surface area is 216 Å². The van der Waals surface area contributed by atoms with Crippen molar-refractivity contribution in [3.63, 3.8) is 0 Å². The second-order valence-corrected chi connectivity index (χ2v) is 8.26. The minimum atomic E-state index is -1.50. The van der Waals surface area contributed by atoms with Crippen LogP contribution in [-0.4, -0.2) is 54.2 Å². The third-order valence-electron chi connectivity index (χ3n) is 4.82. The van der Waals surface area contributed by atoms with Crippen LogP contribution in [0.4, 0.5) is 0 Å². The third kappa shape index (κ3) is 7.00. The van der Waals surface area contributed by atoms with Gasteiger partial charge in [0.2, 0.25) is 11.8 Å². The van der Waals surface area contributed by atoms with Crippen LogP contribution in [0.25, 0.3) is 0 Å². The fourth-order valence-corrected chi connectivity index (χ4v) is 3.59. The Morgan fingerprint density at radius 2 is 1.42 bits per heavy atom. The van der Waals surface area contributed by atoms with Gasteiger partial charge in [-0.15, -0.1) is 0 Å². The van der Waals surface area contributed by atoms with Gasteiger partial charge in [0.05, 0.1) is 24.3 Å². The van der Waals surface area contributed by atoms with Crippen molar-refractivity contribution in [3.05, 3.63) is 51.5 Å². The first-order valence-electron chi connectivity index (χ1n) is 10.3. The molecule has 0 aliphatic heterocycles. The third-order valence-corrected chi connectivity index (χ3v) is 5.40. The Bertz CT molecular complexity index is 1170. The average Bonchev–Trinajstić information content (AvgIpc) is 2.83. The smallest absolute Gasteiger partial charge is 0.333 e. The highest BCUT2D eigenvalue weighted by Gasteiger charge is 2.30. The standard InChI is InChI=1S/C23H24Cl2N2O9/c1-10(28)26-18(22(32)34-3)13-8-15(25)21(31)17(9-13)36-16-6-5-12(7-14(16)24)20(30)19(23(33)35-4)27-11(2)29/h5-9,18-20,30-31H,1-4H3,(H,26,28)(H,27,29)/t18-,19-,20-/m1/s1. The number of esters is 2. The maximum atomic E-state index is 12.2. The number of ether oxygens (including phenoxy) is 3. The molecule has 2 rings (SSSR count). The number of aromatic hydroxyl groups is 1. The topological polar surface area (TPSA) is 160 Å². The summed E-state index contributed by atoms with van der Waals surface area (Å²) in [4.78, 5) is 47.1. The van der Waals surface area contributed by atoms with E-state index in [0.717, 1.165) is 14.2 Å². The van der Waals surface area contributed by atoms with Gasteiger partial charge in [-0.05, 0) is 35.4 Å². The van der Waals surface area contributed by atoms with Gasteiger partial charge in [-0.1, -0.05) is 29.3 Å². The molecule has 0 fully saturated rings. The summed E-state index contributed by atoms with van der Waals surface area (Å²) in [6.07, 6.45) is -1.50. The van der Waals surface area contributed by atoms with Gasteiger partial charge in [0.15, 0.2) is 23.6 Å². The summed E-state index contributed by atoms with van der Waals surface area (Å²) >= 11 is 12.4. The molecule has 2 aromatic carbocycles. The van der Waals surface area contributed by atoms with Gasteiger partial charge in [-0.3, -0.25) is 9.59 Å². The quantitative estimate of drug-likeness (QED) is 0.349. The number of aliphatic hydroxyl groups excluding tert-OH is 1. The van der Waals surface area contributed by atoms with E-state index < -0.39 is 47.7 Å². The Morgan fingerprint density at radius 3 is 1.94 bits per heavy atom. The van der Waals surface area contributed by atoms with Crippen LogP contribution >= 0.6 is 23.2 Å². The van der Waals surface area contributed by atoms with E-state index in [-0.39, 0.29) is 32.7 Å². The number of benzene rings is 2. The first-order valence-corrected chi connectivity index (χ1v) is 11.0. The molecule has 0 aromatic heterocycles. The van der Waals surface area contributed by atoms with Gasteiger partial charge in [0.25, 0.3) is 0 Å². The highest BCUT2D eigenvalue weighted by molar-refractivity contribution is 6.32. The van der Waals surface area contributed by atoms with Crippen LogP contribution in [0, 0.1) is 0 Å². The number of rotatable bonds is 9. The highest BCUT2D eigenvalue weighted by atomic mass is 35.5. The second-order valence-electron chi connectivity index (χ2n) is 7.44. The fourth-order valence-electron chi connectivity index (χ4n) is 3.15. The van der Waals surface area contributed by atoms with Crippen molar-refractivity contribution in [3.8, 4) is 17.2 Å². The number of nitrogens with one attached hydrogen (secondary N) is 2. The van der Waals surface area contributed by atoms with Gasteiger partial charge < -0.3 is 35.1 Å². The summed E-state index contributed by atoms with van der Waals surface area (Å²) < 4.78 is 15.0. The molecule has 11 nitrogen and oxygen atoms in total. The molecule has 4 N–H and O–H groups in total. The number of carbonyl (C=O) groups excluding carboxylic acids is 4. The van der Waals surface area contributed by atoms with Crippen molar-refractivity contribution in [2.24, 2.45) is 0 Å². The molecule has 0 saturated heterocycles. The zero-order valence-electron chi connectivity index (χ0n) is 19.6. The lowest BCUT2D eigenvalue weighted by Gasteiger charge is -2.22. The van der Waals surface area contributed by atoms with Crippen LogP contribution in [0.3, 0.4) is 0 Å². The van der Waals surface area contributed by atoms with Gasteiger partial charge in [-0.25, -0.2) is 9.59 Å². The van der Waals surface area contributed by atoms with Gasteiger partial charge in [0.1, 0.15) is 11.9 Å². The number of phenolic OH excluding ortho intramolecular Hbond substituents is 1. The van der Waals surface area contributed by atoms with Crippen LogP contribution in [0.5, 0.6) is 17.2 Å². The first-order chi connectivity index (χ1) is 16.9. The van der Waals surface area contributed by atoms with Crippen LogP contribution in [-0.2, 0) is 28.7 Å². The molecule has 0 heterocycles. The fraction of sp³-hybridized carbons (Fsp3) is 0.304. The molecule has 0 bridgehead atoms. The van der Waals surface area contributed by atoms with Crippen molar-refractivity contribution in [2.45, 2.75) is 32.0 Å². The number of halogens is 2.